The van der Waals surface area contributed by atoms with Gasteiger partial charge in [0.2, 0.25) is 0 Å². The summed E-state index contributed by atoms with van der Waals surface area (Å²) < 4.78 is 0. The molecule has 0 amide bonds. The van der Waals surface area contributed by atoms with Crippen LogP contribution in [0.5, 0.6) is 0 Å². The molecule has 0 bridgehead atoms. The van der Waals surface area contributed by atoms with Crippen LogP contribution in [-0.4, -0.2) is 11.2 Å². The summed E-state index contributed by atoms with van der Waals surface area (Å²) in [6, 6.07) is 0. The van der Waals surface area contributed by atoms with E-state index < -0.39 is 0 Å². The van der Waals surface area contributed by atoms with Crippen molar-refractivity contribution in [3.05, 3.63) is 14.9 Å². The monoisotopic (exact) mass is 218 g/mol. The molecule has 1 nitrogen and oxygen atoms in total. The largest absolute Gasteiger partial charge is 2.00 e. The molecule has 1 rings (SSSR count). The molecule has 1 aliphatic carbocycles. The van der Waals surface area contributed by atoms with Crippen molar-refractivity contribution in [1.82, 2.24) is 0 Å². The number of rotatable bonds is 0. The Kier molecular flexibility index (Phi) is 15.5. The molecule has 1 fully saturated rings. The summed E-state index contributed by atoms with van der Waals surface area (Å²) in [6.45, 7) is 0. The minimum atomic E-state index is 0. The summed E-state index contributed by atoms with van der Waals surface area (Å²) in [5, 5.41) is 8.73. The Labute approximate surface area is 71.6 Å². The molecule has 1 N–H and O–H groups in total. The van der Waals surface area contributed by atoms with Gasteiger partial charge >= 0.3 is 19.5 Å². The van der Waals surface area contributed by atoms with Crippen LogP contribution < -0.4 is 0 Å². The van der Waals surface area contributed by atoms with Crippen molar-refractivity contribution in [2.45, 2.75) is 31.8 Å². The standard InChI is InChI=1S/C5H10O.2CH3.Ru/c6-5-3-1-2-4-5;;;/h5-6H,1-4H2;2*1H3;/q;2*-1;+2. The number of aliphatic hydroxyl groups is 1. The summed E-state index contributed by atoms with van der Waals surface area (Å²) in [4.78, 5) is 0. The first kappa shape index (κ1) is 16.3. The molecule has 0 spiro atoms. The van der Waals surface area contributed by atoms with Crippen LogP contribution >= 0.6 is 0 Å². The van der Waals surface area contributed by atoms with Crippen LogP contribution in [0, 0.1) is 14.9 Å². The second kappa shape index (κ2) is 8.58. The van der Waals surface area contributed by atoms with E-state index in [0.29, 0.717) is 0 Å². The third kappa shape index (κ3) is 6.47. The van der Waals surface area contributed by atoms with E-state index in [4.69, 9.17) is 5.11 Å². The molecule has 1 saturated carbocycles. The van der Waals surface area contributed by atoms with Crippen molar-refractivity contribution in [2.24, 2.45) is 0 Å². The Hall–Kier alpha value is 0.583. The van der Waals surface area contributed by atoms with Gasteiger partial charge < -0.3 is 20.0 Å². The Balaban J connectivity index is -0.000000120. The zero-order chi connectivity index (χ0) is 4.41. The summed E-state index contributed by atoms with van der Waals surface area (Å²) >= 11 is 0. The first-order chi connectivity index (χ1) is 2.89. The Morgan fingerprint density at radius 2 is 1.33 bits per heavy atom. The second-order valence-corrected chi connectivity index (χ2v) is 1.94. The Bertz CT molecular complexity index is 42.2. The molecular weight excluding hydrogens is 201 g/mol. The summed E-state index contributed by atoms with van der Waals surface area (Å²) in [5.74, 6) is 0. The molecule has 58 valence electrons. The van der Waals surface area contributed by atoms with Gasteiger partial charge in [0.1, 0.15) is 0 Å². The van der Waals surface area contributed by atoms with Crippen LogP contribution in [0.1, 0.15) is 25.7 Å². The molecule has 0 unspecified atom stereocenters. The molecule has 0 radical (unpaired) electrons. The van der Waals surface area contributed by atoms with Gasteiger partial charge in [-0.1, -0.05) is 12.8 Å². The molecule has 0 saturated heterocycles. The molecule has 0 aromatic carbocycles. The van der Waals surface area contributed by atoms with Gasteiger partial charge in [-0.15, -0.1) is 0 Å². The fraction of sp³-hybridized carbons (Fsp3) is 0.714. The van der Waals surface area contributed by atoms with Crippen LogP contribution in [-0.2, 0) is 19.5 Å². The minimum absolute atomic E-state index is 0. The minimum Gasteiger partial charge on any atom is -0.393 e. The summed E-state index contributed by atoms with van der Waals surface area (Å²) in [5.41, 5.74) is 0. The maximum Gasteiger partial charge on any atom is 2.00 e. The Morgan fingerprint density at radius 3 is 1.44 bits per heavy atom. The maximum atomic E-state index is 8.73. The fourth-order valence-corrected chi connectivity index (χ4v) is 0.904. The molecule has 0 aromatic rings. The van der Waals surface area contributed by atoms with E-state index in [9.17, 15) is 0 Å². The molecule has 0 atom stereocenters. The summed E-state index contributed by atoms with van der Waals surface area (Å²) in [6.07, 6.45) is 4.60. The second-order valence-electron chi connectivity index (χ2n) is 1.94. The molecule has 0 aliphatic heterocycles. The maximum absolute atomic E-state index is 8.73. The topological polar surface area (TPSA) is 20.2 Å². The average molecular weight is 217 g/mol. The molecule has 9 heavy (non-hydrogen) atoms. The van der Waals surface area contributed by atoms with Crippen LogP contribution in [0.2, 0.25) is 0 Å². The van der Waals surface area contributed by atoms with Crippen molar-refractivity contribution < 1.29 is 24.6 Å². The van der Waals surface area contributed by atoms with Gasteiger partial charge in [0.05, 0.1) is 6.10 Å². The van der Waals surface area contributed by atoms with Crippen molar-refractivity contribution >= 4 is 0 Å². The van der Waals surface area contributed by atoms with Gasteiger partial charge in [0, 0.05) is 0 Å². The van der Waals surface area contributed by atoms with Gasteiger partial charge in [-0.3, -0.25) is 0 Å². The normalized spacial score (nSPS) is 17.0. The van der Waals surface area contributed by atoms with Gasteiger partial charge in [0.15, 0.2) is 0 Å². The van der Waals surface area contributed by atoms with E-state index in [1.807, 2.05) is 0 Å². The fourth-order valence-electron chi connectivity index (χ4n) is 0.904. The van der Waals surface area contributed by atoms with Crippen molar-refractivity contribution in [3.8, 4) is 0 Å². The third-order valence-corrected chi connectivity index (χ3v) is 1.32. The predicted octanol–water partition coefficient (Wildman–Crippen LogP) is 1.82. The molecule has 2 heteroatoms. The zero-order valence-electron chi connectivity index (χ0n) is 6.21. The van der Waals surface area contributed by atoms with E-state index >= 15 is 0 Å². The molecular formula is C7H16ORu. The smallest absolute Gasteiger partial charge is 0.393 e. The summed E-state index contributed by atoms with van der Waals surface area (Å²) in [7, 11) is 0. The van der Waals surface area contributed by atoms with Crippen LogP contribution in [0.15, 0.2) is 0 Å². The van der Waals surface area contributed by atoms with Crippen LogP contribution in [0.3, 0.4) is 0 Å². The van der Waals surface area contributed by atoms with Crippen LogP contribution in [0.25, 0.3) is 0 Å². The first-order valence-corrected chi connectivity index (χ1v) is 2.57. The van der Waals surface area contributed by atoms with Gasteiger partial charge in [-0.2, -0.15) is 0 Å². The molecule has 1 aliphatic rings. The van der Waals surface area contributed by atoms with Crippen molar-refractivity contribution in [2.75, 3.05) is 0 Å². The predicted molar refractivity (Wildman–Crippen MR) is 37.3 cm³/mol. The first-order valence-electron chi connectivity index (χ1n) is 2.57. The zero-order valence-corrected chi connectivity index (χ0v) is 7.94. The number of hydrogen-bond acceptors (Lipinski definition) is 1. The van der Waals surface area contributed by atoms with Crippen molar-refractivity contribution in [3.63, 3.8) is 0 Å². The number of hydrogen-bond donors (Lipinski definition) is 1. The van der Waals surface area contributed by atoms with Gasteiger partial charge in [0.25, 0.3) is 0 Å². The van der Waals surface area contributed by atoms with Crippen molar-refractivity contribution in [1.29, 1.82) is 0 Å². The van der Waals surface area contributed by atoms with E-state index in [2.05, 4.69) is 0 Å². The quantitative estimate of drug-likeness (QED) is 0.485. The van der Waals surface area contributed by atoms with E-state index in [0.717, 1.165) is 12.8 Å². The van der Waals surface area contributed by atoms with E-state index in [-0.39, 0.29) is 40.4 Å². The van der Waals surface area contributed by atoms with E-state index in [1.165, 1.54) is 12.8 Å². The SMILES string of the molecule is OC1CCCC1.[CH3-].[CH3-].[Ru+2]. The molecule has 0 aromatic heterocycles. The van der Waals surface area contributed by atoms with Gasteiger partial charge in [-0.25, -0.2) is 0 Å². The molecule has 0 heterocycles. The third-order valence-electron chi connectivity index (χ3n) is 1.32. The van der Waals surface area contributed by atoms with E-state index in [1.54, 1.807) is 0 Å². The number of aliphatic hydroxyl groups excluding tert-OH is 1. The Morgan fingerprint density at radius 1 is 1.00 bits per heavy atom. The van der Waals surface area contributed by atoms with Gasteiger partial charge in [-0.05, 0) is 12.8 Å². The average Bonchev–Trinajstić information content (AvgIpc) is 1.86. The van der Waals surface area contributed by atoms with Crippen LogP contribution in [0.4, 0.5) is 0 Å².